The van der Waals surface area contributed by atoms with Gasteiger partial charge in [0.15, 0.2) is 6.10 Å². The fourth-order valence-electron chi connectivity index (χ4n) is 2.46. The minimum atomic E-state index is -0.814. The predicted octanol–water partition coefficient (Wildman–Crippen LogP) is 3.16. The highest BCUT2D eigenvalue weighted by atomic mass is 32.1. The van der Waals surface area contributed by atoms with Gasteiger partial charge < -0.3 is 14.8 Å². The van der Waals surface area contributed by atoms with Crippen LogP contribution in [0.4, 0.5) is 0 Å². The number of carbonyl (C=O) groups excluding carboxylic acids is 2. The Morgan fingerprint density at radius 2 is 2.12 bits per heavy atom. The summed E-state index contributed by atoms with van der Waals surface area (Å²) in [6.07, 6.45) is 1.34. The van der Waals surface area contributed by atoms with Crippen molar-refractivity contribution in [3.63, 3.8) is 0 Å². The average Bonchev–Trinajstić information content (AvgIpc) is 3.17. The first-order valence-corrected chi connectivity index (χ1v) is 8.99. The Hall–Kier alpha value is -2.60. The second kappa shape index (κ2) is 7.98. The standard InChI is InChI=1S/C19H19NO4S/c1-2-16(18(21)20-11-15-7-5-9-25-15)24-19(22)14-10-13-6-3-4-8-17(13)23-12-14/h3-10,16H,2,11-12H2,1H3,(H,20,21). The van der Waals surface area contributed by atoms with Gasteiger partial charge in [0.25, 0.3) is 5.91 Å². The molecule has 1 aromatic heterocycles. The van der Waals surface area contributed by atoms with Crippen molar-refractivity contribution in [1.82, 2.24) is 5.32 Å². The lowest BCUT2D eigenvalue weighted by molar-refractivity contribution is -0.152. The summed E-state index contributed by atoms with van der Waals surface area (Å²) in [6.45, 7) is 2.39. The van der Waals surface area contributed by atoms with Gasteiger partial charge in [0, 0.05) is 10.4 Å². The maximum atomic E-state index is 12.4. The van der Waals surface area contributed by atoms with Gasteiger partial charge in [-0.2, -0.15) is 0 Å². The average molecular weight is 357 g/mol. The van der Waals surface area contributed by atoms with E-state index in [1.54, 1.807) is 17.4 Å². The number of carbonyl (C=O) groups is 2. The van der Waals surface area contributed by atoms with E-state index in [1.807, 2.05) is 48.7 Å². The minimum Gasteiger partial charge on any atom is -0.488 e. The predicted molar refractivity (Wildman–Crippen MR) is 96.3 cm³/mol. The molecule has 0 fully saturated rings. The van der Waals surface area contributed by atoms with E-state index >= 15 is 0 Å². The van der Waals surface area contributed by atoms with Gasteiger partial charge >= 0.3 is 5.97 Å². The normalized spacial score (nSPS) is 13.9. The molecule has 1 unspecified atom stereocenters. The van der Waals surface area contributed by atoms with Crippen molar-refractivity contribution in [1.29, 1.82) is 0 Å². The van der Waals surface area contributed by atoms with E-state index in [1.165, 1.54) is 0 Å². The summed E-state index contributed by atoms with van der Waals surface area (Å²) in [6, 6.07) is 11.3. The summed E-state index contributed by atoms with van der Waals surface area (Å²) in [7, 11) is 0. The molecular weight excluding hydrogens is 338 g/mol. The van der Waals surface area contributed by atoms with Crippen molar-refractivity contribution in [2.24, 2.45) is 0 Å². The Labute approximate surface area is 150 Å². The van der Waals surface area contributed by atoms with Crippen LogP contribution in [0.3, 0.4) is 0 Å². The van der Waals surface area contributed by atoms with Crippen LogP contribution in [0.15, 0.2) is 47.4 Å². The number of nitrogens with one attached hydrogen (secondary N) is 1. The Balaban J connectivity index is 1.60. The fraction of sp³-hybridized carbons (Fsp3) is 0.263. The summed E-state index contributed by atoms with van der Waals surface area (Å²) < 4.78 is 11.0. The molecule has 1 amide bonds. The third-order valence-electron chi connectivity index (χ3n) is 3.82. The number of amides is 1. The zero-order valence-electron chi connectivity index (χ0n) is 13.9. The van der Waals surface area contributed by atoms with Crippen molar-refractivity contribution in [3.05, 3.63) is 57.8 Å². The molecule has 1 aliphatic heterocycles. The van der Waals surface area contributed by atoms with Crippen molar-refractivity contribution in [3.8, 4) is 5.75 Å². The molecule has 1 aromatic carbocycles. The quantitative estimate of drug-likeness (QED) is 0.807. The molecule has 0 saturated carbocycles. The number of thiophene rings is 1. The molecule has 0 bridgehead atoms. The highest BCUT2D eigenvalue weighted by molar-refractivity contribution is 7.09. The van der Waals surface area contributed by atoms with E-state index < -0.39 is 12.1 Å². The second-order valence-electron chi connectivity index (χ2n) is 5.60. The highest BCUT2D eigenvalue weighted by Gasteiger charge is 2.25. The number of benzene rings is 1. The van der Waals surface area contributed by atoms with E-state index in [-0.39, 0.29) is 12.5 Å². The summed E-state index contributed by atoms with van der Waals surface area (Å²) in [4.78, 5) is 25.7. The molecule has 5 nitrogen and oxygen atoms in total. The topological polar surface area (TPSA) is 64.6 Å². The van der Waals surface area contributed by atoms with Crippen LogP contribution >= 0.6 is 11.3 Å². The Morgan fingerprint density at radius 1 is 1.28 bits per heavy atom. The molecule has 1 aliphatic rings. The van der Waals surface area contributed by atoms with E-state index in [9.17, 15) is 9.59 Å². The van der Waals surface area contributed by atoms with Crippen LogP contribution in [0.1, 0.15) is 23.8 Å². The molecule has 6 heteroatoms. The Morgan fingerprint density at radius 3 is 2.88 bits per heavy atom. The third kappa shape index (κ3) is 4.28. The van der Waals surface area contributed by atoms with Crippen LogP contribution in [-0.2, 0) is 20.9 Å². The molecule has 0 radical (unpaired) electrons. The summed E-state index contributed by atoms with van der Waals surface area (Å²) in [5, 5.41) is 4.75. The molecule has 2 aromatic rings. The number of hydrogen-bond acceptors (Lipinski definition) is 5. The molecular formula is C19H19NO4S. The monoisotopic (exact) mass is 357 g/mol. The first kappa shape index (κ1) is 17.2. The minimum absolute atomic E-state index is 0.142. The van der Waals surface area contributed by atoms with Crippen LogP contribution < -0.4 is 10.1 Å². The van der Waals surface area contributed by atoms with E-state index in [0.29, 0.717) is 18.5 Å². The fourth-order valence-corrected chi connectivity index (χ4v) is 3.11. The number of rotatable bonds is 6. The number of hydrogen-bond donors (Lipinski definition) is 1. The van der Waals surface area contributed by atoms with Gasteiger partial charge in [0.1, 0.15) is 12.4 Å². The maximum Gasteiger partial charge on any atom is 0.338 e. The molecule has 0 spiro atoms. The molecule has 25 heavy (non-hydrogen) atoms. The number of fused-ring (bicyclic) bond motifs is 1. The van der Waals surface area contributed by atoms with Crippen molar-refractivity contribution < 1.29 is 19.1 Å². The smallest absolute Gasteiger partial charge is 0.338 e. The molecule has 1 N–H and O–H groups in total. The van der Waals surface area contributed by atoms with Crippen molar-refractivity contribution >= 4 is 29.3 Å². The van der Waals surface area contributed by atoms with Crippen LogP contribution in [0.5, 0.6) is 5.75 Å². The SMILES string of the molecule is CCC(OC(=O)C1=Cc2ccccc2OC1)C(=O)NCc1cccs1. The largest absolute Gasteiger partial charge is 0.488 e. The molecule has 3 rings (SSSR count). The molecule has 1 atom stereocenters. The summed E-state index contributed by atoms with van der Waals surface area (Å²) in [5.41, 5.74) is 1.24. The van der Waals surface area contributed by atoms with Gasteiger partial charge in [0.2, 0.25) is 0 Å². The van der Waals surface area contributed by atoms with E-state index in [4.69, 9.17) is 9.47 Å². The van der Waals surface area contributed by atoms with Crippen molar-refractivity contribution in [2.45, 2.75) is 26.0 Å². The van der Waals surface area contributed by atoms with Crippen LogP contribution in [0, 0.1) is 0 Å². The first-order valence-electron chi connectivity index (χ1n) is 8.11. The zero-order chi connectivity index (χ0) is 17.6. The lowest BCUT2D eigenvalue weighted by Crippen LogP contribution is -2.37. The Bertz CT molecular complexity index is 782. The first-order chi connectivity index (χ1) is 12.2. The van der Waals surface area contributed by atoms with E-state index in [0.717, 1.165) is 16.2 Å². The van der Waals surface area contributed by atoms with Crippen LogP contribution in [-0.4, -0.2) is 24.6 Å². The number of esters is 1. The van der Waals surface area contributed by atoms with Gasteiger partial charge in [-0.05, 0) is 30.0 Å². The van der Waals surface area contributed by atoms with Crippen molar-refractivity contribution in [2.75, 3.05) is 6.61 Å². The molecule has 0 saturated heterocycles. The zero-order valence-corrected chi connectivity index (χ0v) is 14.7. The summed E-state index contributed by atoms with van der Waals surface area (Å²) in [5.74, 6) is -0.0746. The van der Waals surface area contributed by atoms with Gasteiger partial charge in [-0.1, -0.05) is 31.2 Å². The third-order valence-corrected chi connectivity index (χ3v) is 4.70. The van der Waals surface area contributed by atoms with Gasteiger partial charge in [-0.15, -0.1) is 11.3 Å². The molecule has 0 aliphatic carbocycles. The van der Waals surface area contributed by atoms with Gasteiger partial charge in [-0.25, -0.2) is 4.79 Å². The van der Waals surface area contributed by atoms with Crippen LogP contribution in [0.25, 0.3) is 6.08 Å². The lowest BCUT2D eigenvalue weighted by Gasteiger charge is -2.20. The molecule has 130 valence electrons. The lowest BCUT2D eigenvalue weighted by atomic mass is 10.1. The summed E-state index contributed by atoms with van der Waals surface area (Å²) >= 11 is 1.57. The number of para-hydroxylation sites is 1. The maximum absolute atomic E-state index is 12.4. The second-order valence-corrected chi connectivity index (χ2v) is 6.63. The highest BCUT2D eigenvalue weighted by Crippen LogP contribution is 2.26. The van der Waals surface area contributed by atoms with Gasteiger partial charge in [0.05, 0.1) is 12.1 Å². The Kier molecular flexibility index (Phi) is 5.50. The van der Waals surface area contributed by atoms with Gasteiger partial charge in [-0.3, -0.25) is 4.79 Å². The number of ether oxygens (including phenoxy) is 2. The van der Waals surface area contributed by atoms with Crippen LogP contribution in [0.2, 0.25) is 0 Å². The molecule has 2 heterocycles. The van der Waals surface area contributed by atoms with E-state index in [2.05, 4.69) is 5.32 Å².